The third-order valence-electron chi connectivity index (χ3n) is 3.32. The normalized spacial score (nSPS) is 11.9. The summed E-state index contributed by atoms with van der Waals surface area (Å²) in [6.45, 7) is 1.84. The van der Waals surface area contributed by atoms with E-state index in [1.54, 1.807) is 36.5 Å². The topological polar surface area (TPSA) is 66.3 Å². The van der Waals surface area contributed by atoms with Gasteiger partial charge in [-0.1, -0.05) is 0 Å². The van der Waals surface area contributed by atoms with Crippen molar-refractivity contribution in [2.45, 2.75) is 19.6 Å². The molecule has 20 heavy (non-hydrogen) atoms. The van der Waals surface area contributed by atoms with Gasteiger partial charge in [0.15, 0.2) is 0 Å². The second-order valence-corrected chi connectivity index (χ2v) is 4.58. The van der Waals surface area contributed by atoms with Gasteiger partial charge in [-0.15, -0.1) is 0 Å². The molecule has 2 rings (SSSR count). The monoisotopic (exact) mass is 271 g/mol. The zero-order valence-electron chi connectivity index (χ0n) is 11.5. The number of rotatable bonds is 4. The number of pyridine rings is 2. The summed E-state index contributed by atoms with van der Waals surface area (Å²) < 4.78 is 0. The summed E-state index contributed by atoms with van der Waals surface area (Å²) in [5, 5.41) is 9.11. The molecule has 1 atom stereocenters. The summed E-state index contributed by atoms with van der Waals surface area (Å²) in [4.78, 5) is 22.1. The van der Waals surface area contributed by atoms with Gasteiger partial charge in [0, 0.05) is 25.6 Å². The Bertz CT molecular complexity index is 587. The van der Waals surface area contributed by atoms with Crippen molar-refractivity contribution >= 4 is 5.91 Å². The molecule has 2 heterocycles. The van der Waals surface area contributed by atoms with Crippen LogP contribution in [-0.2, 0) is 6.61 Å². The Hall–Kier alpha value is -2.27. The van der Waals surface area contributed by atoms with Gasteiger partial charge in [-0.05, 0) is 42.3 Å². The number of amides is 1. The first kappa shape index (κ1) is 14.1. The van der Waals surface area contributed by atoms with Gasteiger partial charge in [-0.3, -0.25) is 14.8 Å². The molecule has 0 saturated heterocycles. The van der Waals surface area contributed by atoms with Gasteiger partial charge in [0.2, 0.25) is 0 Å². The predicted molar refractivity (Wildman–Crippen MR) is 74.9 cm³/mol. The lowest BCUT2D eigenvalue weighted by Crippen LogP contribution is -2.30. The summed E-state index contributed by atoms with van der Waals surface area (Å²) in [7, 11) is 1.74. The highest BCUT2D eigenvalue weighted by molar-refractivity contribution is 5.92. The molecule has 0 saturated carbocycles. The Morgan fingerprint density at radius 1 is 1.30 bits per heavy atom. The second kappa shape index (κ2) is 6.25. The Kier molecular flexibility index (Phi) is 4.42. The quantitative estimate of drug-likeness (QED) is 0.921. The van der Waals surface area contributed by atoms with Crippen LogP contribution in [0.5, 0.6) is 0 Å². The second-order valence-electron chi connectivity index (χ2n) is 4.58. The number of nitrogens with zero attached hydrogens (tertiary/aromatic N) is 3. The molecule has 0 radical (unpaired) electrons. The summed E-state index contributed by atoms with van der Waals surface area (Å²) in [5.41, 5.74) is 2.02. The van der Waals surface area contributed by atoms with Crippen molar-refractivity contribution < 1.29 is 9.90 Å². The number of aliphatic hydroxyl groups is 1. The van der Waals surface area contributed by atoms with E-state index in [4.69, 9.17) is 5.11 Å². The molecule has 0 aromatic carbocycles. The van der Waals surface area contributed by atoms with Gasteiger partial charge in [-0.2, -0.15) is 0 Å². The van der Waals surface area contributed by atoms with E-state index in [0.717, 1.165) is 5.56 Å². The Labute approximate surface area is 117 Å². The van der Waals surface area contributed by atoms with E-state index >= 15 is 0 Å². The van der Waals surface area contributed by atoms with E-state index in [1.165, 1.54) is 6.20 Å². The van der Waals surface area contributed by atoms with Gasteiger partial charge in [0.1, 0.15) is 5.69 Å². The summed E-state index contributed by atoms with van der Waals surface area (Å²) >= 11 is 0. The zero-order valence-corrected chi connectivity index (χ0v) is 11.5. The average Bonchev–Trinajstić information content (AvgIpc) is 2.53. The largest absolute Gasteiger partial charge is 0.392 e. The molecule has 0 aliphatic carbocycles. The van der Waals surface area contributed by atoms with Crippen molar-refractivity contribution in [3.05, 3.63) is 59.7 Å². The minimum Gasteiger partial charge on any atom is -0.392 e. The van der Waals surface area contributed by atoms with Crippen LogP contribution in [0.15, 0.2) is 42.9 Å². The van der Waals surface area contributed by atoms with Gasteiger partial charge in [-0.25, -0.2) is 0 Å². The zero-order chi connectivity index (χ0) is 14.5. The SMILES string of the molecule is C[C@@H](c1ccncc1)N(C)C(=O)c1cc(CO)ccn1. The molecule has 1 amide bonds. The maximum absolute atomic E-state index is 12.4. The van der Waals surface area contributed by atoms with Crippen LogP contribution in [0, 0.1) is 0 Å². The van der Waals surface area contributed by atoms with Crippen molar-refractivity contribution in [1.29, 1.82) is 0 Å². The highest BCUT2D eigenvalue weighted by atomic mass is 16.3. The van der Waals surface area contributed by atoms with Crippen LogP contribution >= 0.6 is 0 Å². The standard InChI is InChI=1S/C15H17N3O2/c1-11(13-4-6-16-7-5-13)18(2)15(20)14-9-12(10-19)3-8-17-14/h3-9,11,19H,10H2,1-2H3/t11-/m0/s1. The molecule has 5 nitrogen and oxygen atoms in total. The third kappa shape index (κ3) is 3.00. The molecule has 104 valence electrons. The smallest absolute Gasteiger partial charge is 0.272 e. The molecular formula is C15H17N3O2. The van der Waals surface area contributed by atoms with Crippen LogP contribution in [-0.4, -0.2) is 32.9 Å². The van der Waals surface area contributed by atoms with Crippen LogP contribution < -0.4 is 0 Å². The number of carbonyl (C=O) groups excluding carboxylic acids is 1. The van der Waals surface area contributed by atoms with Crippen molar-refractivity contribution in [2.75, 3.05) is 7.05 Å². The molecule has 2 aromatic heterocycles. The number of carbonyl (C=O) groups is 1. The van der Waals surface area contributed by atoms with Crippen molar-refractivity contribution in [3.8, 4) is 0 Å². The molecule has 0 fully saturated rings. The molecule has 0 spiro atoms. The summed E-state index contributed by atoms with van der Waals surface area (Å²) in [5.74, 6) is -0.176. The fourth-order valence-corrected chi connectivity index (χ4v) is 1.91. The van der Waals surface area contributed by atoms with Crippen molar-refractivity contribution in [3.63, 3.8) is 0 Å². The van der Waals surface area contributed by atoms with Gasteiger partial charge < -0.3 is 10.0 Å². The lowest BCUT2D eigenvalue weighted by molar-refractivity contribution is 0.0736. The van der Waals surface area contributed by atoms with E-state index < -0.39 is 0 Å². The average molecular weight is 271 g/mol. The summed E-state index contributed by atoms with van der Waals surface area (Å²) in [6.07, 6.45) is 4.94. The van der Waals surface area contributed by atoms with E-state index in [9.17, 15) is 4.79 Å². The maximum atomic E-state index is 12.4. The van der Waals surface area contributed by atoms with Crippen molar-refractivity contribution in [1.82, 2.24) is 14.9 Å². The minimum absolute atomic E-state index is 0.0786. The predicted octanol–water partition coefficient (Wildman–Crippen LogP) is 1.80. The lowest BCUT2D eigenvalue weighted by atomic mass is 10.1. The molecule has 0 aliphatic rings. The molecule has 2 aromatic rings. The molecule has 0 unspecified atom stereocenters. The first-order chi connectivity index (χ1) is 9.63. The first-order valence-electron chi connectivity index (χ1n) is 6.36. The van der Waals surface area contributed by atoms with Crippen LogP contribution in [0.3, 0.4) is 0 Å². The Morgan fingerprint density at radius 2 is 2.00 bits per heavy atom. The Balaban J connectivity index is 2.19. The molecule has 0 aliphatic heterocycles. The lowest BCUT2D eigenvalue weighted by Gasteiger charge is -2.25. The molecule has 5 heteroatoms. The van der Waals surface area contributed by atoms with Gasteiger partial charge in [0.05, 0.1) is 12.6 Å². The Morgan fingerprint density at radius 3 is 2.65 bits per heavy atom. The van der Waals surface area contributed by atoms with Crippen molar-refractivity contribution in [2.24, 2.45) is 0 Å². The van der Waals surface area contributed by atoms with E-state index in [0.29, 0.717) is 11.3 Å². The molecule has 1 N–H and O–H groups in total. The molecule has 0 bridgehead atoms. The van der Waals surface area contributed by atoms with E-state index in [2.05, 4.69) is 9.97 Å². The minimum atomic E-state index is -0.176. The first-order valence-corrected chi connectivity index (χ1v) is 6.36. The summed E-state index contributed by atoms with van der Waals surface area (Å²) in [6, 6.07) is 6.98. The van der Waals surface area contributed by atoms with Crippen LogP contribution in [0.2, 0.25) is 0 Å². The number of aliphatic hydroxyl groups excluding tert-OH is 1. The van der Waals surface area contributed by atoms with E-state index in [1.807, 2.05) is 19.1 Å². The van der Waals surface area contributed by atoms with Crippen LogP contribution in [0.1, 0.15) is 34.6 Å². The van der Waals surface area contributed by atoms with Gasteiger partial charge >= 0.3 is 0 Å². The van der Waals surface area contributed by atoms with Crippen LogP contribution in [0.4, 0.5) is 0 Å². The third-order valence-corrected chi connectivity index (χ3v) is 3.32. The number of aromatic nitrogens is 2. The van der Waals surface area contributed by atoms with E-state index in [-0.39, 0.29) is 18.6 Å². The highest BCUT2D eigenvalue weighted by Gasteiger charge is 2.19. The molecular weight excluding hydrogens is 254 g/mol. The highest BCUT2D eigenvalue weighted by Crippen LogP contribution is 2.19. The number of hydrogen-bond donors (Lipinski definition) is 1. The van der Waals surface area contributed by atoms with Gasteiger partial charge in [0.25, 0.3) is 5.91 Å². The number of hydrogen-bond acceptors (Lipinski definition) is 4. The maximum Gasteiger partial charge on any atom is 0.272 e. The van der Waals surface area contributed by atoms with Crippen LogP contribution in [0.25, 0.3) is 0 Å². The fraction of sp³-hybridized carbons (Fsp3) is 0.267. The fourth-order valence-electron chi connectivity index (χ4n) is 1.91.